The zero-order chi connectivity index (χ0) is 14.7. The van der Waals surface area contributed by atoms with Crippen molar-refractivity contribution < 1.29 is 9.90 Å². The van der Waals surface area contributed by atoms with Gasteiger partial charge < -0.3 is 15.4 Å². The van der Waals surface area contributed by atoms with E-state index in [1.54, 1.807) is 6.07 Å². The fourth-order valence-corrected chi connectivity index (χ4v) is 2.63. The number of aliphatic hydroxyl groups excluding tert-OH is 1. The van der Waals surface area contributed by atoms with E-state index in [9.17, 15) is 14.7 Å². The third kappa shape index (κ3) is 3.48. The maximum absolute atomic E-state index is 12.3. The van der Waals surface area contributed by atoms with Gasteiger partial charge in [0.2, 0.25) is 5.56 Å². The summed E-state index contributed by atoms with van der Waals surface area (Å²) in [5.41, 5.74) is 1.02. The first kappa shape index (κ1) is 14.8. The molecule has 3 N–H and O–H groups in total. The summed E-state index contributed by atoms with van der Waals surface area (Å²) in [7, 11) is 0. The van der Waals surface area contributed by atoms with E-state index in [2.05, 4.69) is 10.3 Å². The van der Waals surface area contributed by atoms with Crippen molar-refractivity contribution in [2.24, 2.45) is 0 Å². The summed E-state index contributed by atoms with van der Waals surface area (Å²) in [6, 6.07) is 3.07. The van der Waals surface area contributed by atoms with Gasteiger partial charge in [-0.15, -0.1) is 0 Å². The van der Waals surface area contributed by atoms with Crippen molar-refractivity contribution in [2.75, 3.05) is 0 Å². The van der Waals surface area contributed by atoms with E-state index in [4.69, 9.17) is 0 Å². The largest absolute Gasteiger partial charge is 0.393 e. The number of amides is 1. The molecule has 1 amide bonds. The van der Waals surface area contributed by atoms with Gasteiger partial charge in [-0.05, 0) is 37.7 Å². The van der Waals surface area contributed by atoms with Crippen molar-refractivity contribution >= 4 is 5.91 Å². The Labute approximate surface area is 118 Å². The Bertz CT molecular complexity index is 528. The highest BCUT2D eigenvalue weighted by Crippen LogP contribution is 2.20. The fourth-order valence-electron chi connectivity index (χ4n) is 2.63. The summed E-state index contributed by atoms with van der Waals surface area (Å²) in [4.78, 5) is 26.5. The third-order valence-corrected chi connectivity index (χ3v) is 3.80. The van der Waals surface area contributed by atoms with Gasteiger partial charge in [-0.1, -0.05) is 13.8 Å². The zero-order valence-corrected chi connectivity index (χ0v) is 12.0. The molecule has 110 valence electrons. The smallest absolute Gasteiger partial charge is 0.253 e. The highest BCUT2D eigenvalue weighted by atomic mass is 16.3. The molecule has 0 spiro atoms. The predicted octanol–water partition coefficient (Wildman–Crippen LogP) is 1.53. The Hall–Kier alpha value is -1.62. The van der Waals surface area contributed by atoms with E-state index in [1.807, 2.05) is 13.8 Å². The fraction of sp³-hybridized carbons (Fsp3) is 0.600. The number of rotatable bonds is 3. The van der Waals surface area contributed by atoms with E-state index >= 15 is 0 Å². The van der Waals surface area contributed by atoms with Crippen molar-refractivity contribution in [1.29, 1.82) is 0 Å². The maximum atomic E-state index is 12.3. The van der Waals surface area contributed by atoms with Crippen LogP contribution in [0.25, 0.3) is 0 Å². The SMILES string of the molecule is CC(C)c1[nH]c(=O)ccc1C(=O)NC1CCC(O)CC1. The molecule has 2 rings (SSSR count). The highest BCUT2D eigenvalue weighted by Gasteiger charge is 2.22. The highest BCUT2D eigenvalue weighted by molar-refractivity contribution is 5.95. The van der Waals surface area contributed by atoms with Crippen LogP contribution < -0.4 is 10.9 Å². The average Bonchev–Trinajstić information content (AvgIpc) is 2.41. The summed E-state index contributed by atoms with van der Waals surface area (Å²) in [5.74, 6) is -0.0656. The normalized spacial score (nSPS) is 22.8. The number of hydrogen-bond donors (Lipinski definition) is 3. The van der Waals surface area contributed by atoms with Crippen LogP contribution in [0.3, 0.4) is 0 Å². The van der Waals surface area contributed by atoms with Crippen LogP contribution in [0.4, 0.5) is 0 Å². The van der Waals surface area contributed by atoms with Crippen LogP contribution in [0.2, 0.25) is 0 Å². The molecule has 0 aliphatic heterocycles. The standard InChI is InChI=1S/C15H22N2O3/c1-9(2)14-12(7-8-13(19)17-14)15(20)16-10-3-5-11(18)6-4-10/h7-11,18H,3-6H2,1-2H3,(H,16,20)(H,17,19). The number of pyridine rings is 1. The second kappa shape index (κ2) is 6.22. The molecule has 0 unspecified atom stereocenters. The molecule has 20 heavy (non-hydrogen) atoms. The lowest BCUT2D eigenvalue weighted by Crippen LogP contribution is -2.39. The summed E-state index contributed by atoms with van der Waals surface area (Å²) in [6.07, 6.45) is 2.82. The van der Waals surface area contributed by atoms with Crippen LogP contribution in [0.15, 0.2) is 16.9 Å². The molecule has 5 heteroatoms. The summed E-state index contributed by atoms with van der Waals surface area (Å²) in [5, 5.41) is 12.5. The lowest BCUT2D eigenvalue weighted by atomic mass is 9.92. The molecule has 5 nitrogen and oxygen atoms in total. The first-order valence-electron chi connectivity index (χ1n) is 7.19. The van der Waals surface area contributed by atoms with E-state index in [0.29, 0.717) is 11.3 Å². The minimum atomic E-state index is -0.234. The number of carbonyl (C=O) groups excluding carboxylic acids is 1. The molecule has 1 aliphatic carbocycles. The Balaban J connectivity index is 2.11. The molecule has 1 aromatic heterocycles. The second-order valence-electron chi connectivity index (χ2n) is 5.78. The van der Waals surface area contributed by atoms with Crippen LogP contribution in [0, 0.1) is 0 Å². The lowest BCUT2D eigenvalue weighted by molar-refractivity contribution is 0.0866. The summed E-state index contributed by atoms with van der Waals surface area (Å²) >= 11 is 0. The zero-order valence-electron chi connectivity index (χ0n) is 12.0. The monoisotopic (exact) mass is 278 g/mol. The Kier molecular flexibility index (Phi) is 4.60. The van der Waals surface area contributed by atoms with Crippen molar-refractivity contribution in [2.45, 2.75) is 57.6 Å². The van der Waals surface area contributed by atoms with Gasteiger partial charge in [0.25, 0.3) is 5.91 Å². The van der Waals surface area contributed by atoms with Crippen molar-refractivity contribution in [1.82, 2.24) is 10.3 Å². The van der Waals surface area contributed by atoms with Crippen LogP contribution in [-0.2, 0) is 0 Å². The van der Waals surface area contributed by atoms with Gasteiger partial charge in [0.1, 0.15) is 0 Å². The molecule has 0 atom stereocenters. The van der Waals surface area contributed by atoms with Gasteiger partial charge >= 0.3 is 0 Å². The van der Waals surface area contributed by atoms with Gasteiger partial charge in [0.15, 0.2) is 0 Å². The molecule has 0 radical (unpaired) electrons. The van der Waals surface area contributed by atoms with Crippen molar-refractivity contribution in [3.8, 4) is 0 Å². The van der Waals surface area contributed by atoms with Gasteiger partial charge in [-0.25, -0.2) is 0 Å². The van der Waals surface area contributed by atoms with E-state index in [1.165, 1.54) is 6.07 Å². The van der Waals surface area contributed by atoms with Gasteiger partial charge in [-0.2, -0.15) is 0 Å². The number of hydrogen-bond acceptors (Lipinski definition) is 3. The third-order valence-electron chi connectivity index (χ3n) is 3.80. The summed E-state index contributed by atoms with van der Waals surface area (Å²) < 4.78 is 0. The molecule has 1 saturated carbocycles. The quantitative estimate of drug-likeness (QED) is 0.784. The van der Waals surface area contributed by atoms with Gasteiger partial charge in [-0.3, -0.25) is 9.59 Å². The molecule has 0 bridgehead atoms. The number of aromatic nitrogens is 1. The number of carbonyl (C=O) groups is 1. The first-order valence-corrected chi connectivity index (χ1v) is 7.19. The molecular formula is C15H22N2O3. The predicted molar refractivity (Wildman–Crippen MR) is 76.9 cm³/mol. The Morgan fingerprint density at radius 1 is 1.30 bits per heavy atom. The number of nitrogens with one attached hydrogen (secondary N) is 2. The second-order valence-corrected chi connectivity index (χ2v) is 5.78. The minimum Gasteiger partial charge on any atom is -0.393 e. The van der Waals surface area contributed by atoms with Gasteiger partial charge in [0.05, 0.1) is 11.7 Å². The molecular weight excluding hydrogens is 256 g/mol. The van der Waals surface area contributed by atoms with Crippen LogP contribution in [0.5, 0.6) is 0 Å². The van der Waals surface area contributed by atoms with Crippen LogP contribution in [0.1, 0.15) is 61.5 Å². The van der Waals surface area contributed by atoms with Crippen molar-refractivity contribution in [3.63, 3.8) is 0 Å². The van der Waals surface area contributed by atoms with Crippen LogP contribution >= 0.6 is 0 Å². The number of aromatic amines is 1. The van der Waals surface area contributed by atoms with Gasteiger partial charge in [0, 0.05) is 17.8 Å². The number of aliphatic hydroxyl groups is 1. The van der Waals surface area contributed by atoms with E-state index in [-0.39, 0.29) is 29.5 Å². The molecule has 0 aromatic carbocycles. The number of H-pyrrole nitrogens is 1. The van der Waals surface area contributed by atoms with Crippen LogP contribution in [-0.4, -0.2) is 28.1 Å². The minimum absolute atomic E-state index is 0.0813. The molecule has 1 heterocycles. The Morgan fingerprint density at radius 2 is 1.95 bits per heavy atom. The topological polar surface area (TPSA) is 82.2 Å². The average molecular weight is 278 g/mol. The first-order chi connectivity index (χ1) is 9.47. The van der Waals surface area contributed by atoms with E-state index in [0.717, 1.165) is 25.7 Å². The molecule has 1 fully saturated rings. The molecule has 1 aromatic rings. The molecule has 0 saturated heterocycles. The van der Waals surface area contributed by atoms with E-state index < -0.39 is 0 Å². The van der Waals surface area contributed by atoms with Crippen molar-refractivity contribution in [3.05, 3.63) is 33.7 Å². The molecule has 1 aliphatic rings. The maximum Gasteiger partial charge on any atom is 0.253 e. The summed E-state index contributed by atoms with van der Waals surface area (Å²) in [6.45, 7) is 3.89. The lowest BCUT2D eigenvalue weighted by Gasteiger charge is -2.26. The Morgan fingerprint density at radius 3 is 2.55 bits per heavy atom.